The molecule has 8 nitrogen and oxygen atoms in total. The topological polar surface area (TPSA) is 80.7 Å². The minimum atomic E-state index is 0.442. The zero-order valence-electron chi connectivity index (χ0n) is 18.9. The average molecular weight is 446 g/mol. The van der Waals surface area contributed by atoms with Gasteiger partial charge in [-0.3, -0.25) is 4.90 Å². The molecule has 0 bridgehead atoms. The maximum absolute atomic E-state index is 6.06. The highest BCUT2D eigenvalue weighted by atomic mass is 16.5. The molecule has 5 rings (SSSR count). The van der Waals surface area contributed by atoms with Gasteiger partial charge in [0.05, 0.1) is 13.7 Å². The first kappa shape index (κ1) is 21.2. The third-order valence-electron chi connectivity index (χ3n) is 5.98. The van der Waals surface area contributed by atoms with Crippen LogP contribution in [0, 0.1) is 6.92 Å². The number of aromatic nitrogens is 3. The van der Waals surface area contributed by atoms with E-state index in [2.05, 4.69) is 37.3 Å². The first-order chi connectivity index (χ1) is 16.2. The van der Waals surface area contributed by atoms with Gasteiger partial charge in [-0.2, -0.15) is 0 Å². The fourth-order valence-electron chi connectivity index (χ4n) is 4.21. The Kier molecular flexibility index (Phi) is 6.08. The van der Waals surface area contributed by atoms with Crippen molar-refractivity contribution in [3.05, 3.63) is 66.2 Å². The summed E-state index contributed by atoms with van der Waals surface area (Å²) in [7, 11) is 1.69. The smallest absolute Gasteiger partial charge is 0.253 e. The first-order valence-corrected chi connectivity index (χ1v) is 11.2. The molecule has 0 aliphatic carbocycles. The SMILES string of the molecule is COc1ccc(N2CCCN(Cc3nnc(-c4c(-c5ccccc5)noc4C)o3)CC2)cc1. The van der Waals surface area contributed by atoms with Crippen LogP contribution in [0.4, 0.5) is 5.69 Å². The molecule has 0 unspecified atom stereocenters. The molecule has 1 aliphatic heterocycles. The second-order valence-corrected chi connectivity index (χ2v) is 8.14. The summed E-state index contributed by atoms with van der Waals surface area (Å²) in [4.78, 5) is 4.77. The molecule has 2 aromatic heterocycles. The van der Waals surface area contributed by atoms with E-state index >= 15 is 0 Å². The normalized spacial score (nSPS) is 14.9. The molecule has 2 aromatic carbocycles. The fourth-order valence-corrected chi connectivity index (χ4v) is 4.21. The van der Waals surface area contributed by atoms with Gasteiger partial charge in [0.2, 0.25) is 5.89 Å². The summed E-state index contributed by atoms with van der Waals surface area (Å²) in [5, 5.41) is 12.8. The van der Waals surface area contributed by atoms with Crippen LogP contribution in [-0.2, 0) is 6.54 Å². The molecule has 1 fully saturated rings. The lowest BCUT2D eigenvalue weighted by Gasteiger charge is -2.23. The number of benzene rings is 2. The van der Waals surface area contributed by atoms with Crippen LogP contribution in [0.1, 0.15) is 18.1 Å². The molecule has 0 saturated carbocycles. The summed E-state index contributed by atoms with van der Waals surface area (Å²) in [6.07, 6.45) is 1.07. The average Bonchev–Trinajstić information content (AvgIpc) is 3.39. The molecular formula is C25H27N5O3. The standard InChI is InChI=1S/C25H27N5O3/c1-18-23(24(28-33-18)19-7-4-3-5-8-19)25-27-26-22(32-25)17-29-13-6-14-30(16-15-29)20-9-11-21(31-2)12-10-20/h3-5,7-12H,6,13-17H2,1-2H3. The van der Waals surface area contributed by atoms with E-state index in [4.69, 9.17) is 13.7 Å². The van der Waals surface area contributed by atoms with Crippen molar-refractivity contribution in [2.45, 2.75) is 19.9 Å². The molecule has 170 valence electrons. The van der Waals surface area contributed by atoms with Crippen LogP contribution >= 0.6 is 0 Å². The second kappa shape index (κ2) is 9.46. The maximum Gasteiger partial charge on any atom is 0.253 e. The summed E-state index contributed by atoms with van der Waals surface area (Å²) >= 11 is 0. The van der Waals surface area contributed by atoms with Gasteiger partial charge >= 0.3 is 0 Å². The molecule has 8 heteroatoms. The fraction of sp³-hybridized carbons (Fsp3) is 0.320. The van der Waals surface area contributed by atoms with Crippen molar-refractivity contribution >= 4 is 5.69 Å². The Hall–Kier alpha value is -3.65. The highest BCUT2D eigenvalue weighted by Gasteiger charge is 2.23. The highest BCUT2D eigenvalue weighted by molar-refractivity contribution is 5.77. The maximum atomic E-state index is 6.06. The van der Waals surface area contributed by atoms with Gasteiger partial charge in [0.25, 0.3) is 5.89 Å². The lowest BCUT2D eigenvalue weighted by Crippen LogP contribution is -2.30. The van der Waals surface area contributed by atoms with Crippen molar-refractivity contribution in [1.82, 2.24) is 20.3 Å². The highest BCUT2D eigenvalue weighted by Crippen LogP contribution is 2.33. The molecule has 0 spiro atoms. The summed E-state index contributed by atoms with van der Waals surface area (Å²) in [5.74, 6) is 2.58. The minimum Gasteiger partial charge on any atom is -0.497 e. The van der Waals surface area contributed by atoms with Crippen molar-refractivity contribution in [2.75, 3.05) is 38.2 Å². The van der Waals surface area contributed by atoms with Crippen molar-refractivity contribution in [2.24, 2.45) is 0 Å². The third-order valence-corrected chi connectivity index (χ3v) is 5.98. The monoisotopic (exact) mass is 445 g/mol. The zero-order chi connectivity index (χ0) is 22.6. The Morgan fingerprint density at radius 2 is 1.76 bits per heavy atom. The quantitative estimate of drug-likeness (QED) is 0.431. The van der Waals surface area contributed by atoms with Gasteiger partial charge in [0, 0.05) is 37.4 Å². The number of methoxy groups -OCH3 is 1. The lowest BCUT2D eigenvalue weighted by molar-refractivity contribution is 0.256. The number of hydrogen-bond acceptors (Lipinski definition) is 8. The van der Waals surface area contributed by atoms with Crippen molar-refractivity contribution in [1.29, 1.82) is 0 Å². The van der Waals surface area contributed by atoms with Crippen molar-refractivity contribution in [3.63, 3.8) is 0 Å². The van der Waals surface area contributed by atoms with E-state index in [-0.39, 0.29) is 0 Å². The summed E-state index contributed by atoms with van der Waals surface area (Å²) < 4.78 is 16.8. The molecule has 33 heavy (non-hydrogen) atoms. The molecule has 0 N–H and O–H groups in total. The van der Waals surface area contributed by atoms with Gasteiger partial charge in [-0.15, -0.1) is 10.2 Å². The number of anilines is 1. The predicted octanol–water partition coefficient (Wildman–Crippen LogP) is 4.42. The van der Waals surface area contributed by atoms with Crippen LogP contribution < -0.4 is 9.64 Å². The number of aryl methyl sites for hydroxylation is 1. The molecular weight excluding hydrogens is 418 g/mol. The third kappa shape index (κ3) is 4.61. The van der Waals surface area contributed by atoms with Crippen LogP contribution in [0.3, 0.4) is 0 Å². The number of ether oxygens (including phenoxy) is 1. The number of rotatable bonds is 6. The number of nitrogens with zero attached hydrogens (tertiary/aromatic N) is 5. The Balaban J connectivity index is 1.27. The van der Waals surface area contributed by atoms with Gasteiger partial charge in [0.15, 0.2) is 0 Å². The molecule has 3 heterocycles. The van der Waals surface area contributed by atoms with Crippen LogP contribution in [0.25, 0.3) is 22.7 Å². The van der Waals surface area contributed by atoms with E-state index in [0.29, 0.717) is 29.8 Å². The van der Waals surface area contributed by atoms with Gasteiger partial charge in [-0.25, -0.2) is 0 Å². The largest absolute Gasteiger partial charge is 0.497 e. The van der Waals surface area contributed by atoms with Gasteiger partial charge in [-0.05, 0) is 37.6 Å². The van der Waals surface area contributed by atoms with E-state index in [1.807, 2.05) is 49.4 Å². The van der Waals surface area contributed by atoms with Crippen LogP contribution in [0.15, 0.2) is 63.5 Å². The van der Waals surface area contributed by atoms with E-state index in [1.54, 1.807) is 7.11 Å². The first-order valence-electron chi connectivity index (χ1n) is 11.2. The molecule has 0 atom stereocenters. The molecule has 0 radical (unpaired) electrons. The van der Waals surface area contributed by atoms with Crippen LogP contribution in [-0.4, -0.2) is 53.5 Å². The molecule has 0 amide bonds. The molecule has 1 saturated heterocycles. The van der Waals surface area contributed by atoms with Crippen LogP contribution in [0.2, 0.25) is 0 Å². The van der Waals surface area contributed by atoms with Crippen molar-refractivity contribution < 1.29 is 13.7 Å². The molecule has 4 aromatic rings. The van der Waals surface area contributed by atoms with Crippen molar-refractivity contribution in [3.8, 4) is 28.5 Å². The molecule has 1 aliphatic rings. The van der Waals surface area contributed by atoms with Gasteiger partial charge < -0.3 is 18.6 Å². The summed E-state index contributed by atoms with van der Waals surface area (Å²) in [6, 6.07) is 18.1. The summed E-state index contributed by atoms with van der Waals surface area (Å²) in [6.45, 7) is 6.33. The minimum absolute atomic E-state index is 0.442. The Labute approximate surface area is 192 Å². The Morgan fingerprint density at radius 3 is 2.55 bits per heavy atom. The summed E-state index contributed by atoms with van der Waals surface area (Å²) in [5.41, 5.74) is 3.64. The second-order valence-electron chi connectivity index (χ2n) is 8.14. The van der Waals surface area contributed by atoms with E-state index in [0.717, 1.165) is 49.5 Å². The number of hydrogen-bond donors (Lipinski definition) is 0. The van der Waals surface area contributed by atoms with E-state index < -0.39 is 0 Å². The predicted molar refractivity (Wildman–Crippen MR) is 125 cm³/mol. The van der Waals surface area contributed by atoms with Gasteiger partial charge in [-0.1, -0.05) is 35.5 Å². The van der Waals surface area contributed by atoms with E-state index in [9.17, 15) is 0 Å². The van der Waals surface area contributed by atoms with Crippen LogP contribution in [0.5, 0.6) is 5.75 Å². The van der Waals surface area contributed by atoms with E-state index in [1.165, 1.54) is 5.69 Å². The Bertz CT molecular complexity index is 1190. The zero-order valence-corrected chi connectivity index (χ0v) is 18.9. The van der Waals surface area contributed by atoms with Gasteiger partial charge in [0.1, 0.15) is 22.8 Å². The lowest BCUT2D eigenvalue weighted by atomic mass is 10.1. The Morgan fingerprint density at radius 1 is 0.939 bits per heavy atom.